The van der Waals surface area contributed by atoms with Gasteiger partial charge in [-0.05, 0) is 12.8 Å². The number of aryl methyl sites for hydroxylation is 1. The van der Waals surface area contributed by atoms with Crippen molar-refractivity contribution in [3.05, 3.63) is 20.8 Å². The first-order valence-electron chi connectivity index (χ1n) is 5.85. The Hall–Kier alpha value is -1.63. The molecule has 0 bridgehead atoms. The molecule has 18 heavy (non-hydrogen) atoms. The fourth-order valence-electron chi connectivity index (χ4n) is 1.48. The Bertz CT molecular complexity index is 545. The summed E-state index contributed by atoms with van der Waals surface area (Å²) in [7, 11) is 2.93. The van der Waals surface area contributed by atoms with Crippen LogP contribution in [0.5, 0.6) is 0 Å². The Kier molecular flexibility index (Phi) is 3.95. The average molecular weight is 255 g/mol. The van der Waals surface area contributed by atoms with Gasteiger partial charge in [-0.2, -0.15) is 0 Å². The van der Waals surface area contributed by atoms with Crippen LogP contribution in [0.3, 0.4) is 0 Å². The summed E-state index contributed by atoms with van der Waals surface area (Å²) in [6, 6.07) is 0. The predicted octanol–water partition coefficient (Wildman–Crippen LogP) is -0.736. The summed E-state index contributed by atoms with van der Waals surface area (Å²) in [6.07, 6.45) is 0. The number of hydrogen-bond donors (Lipinski definition) is 2. The Morgan fingerprint density at radius 2 is 1.94 bits per heavy atom. The van der Waals surface area contributed by atoms with Crippen molar-refractivity contribution >= 4 is 5.82 Å². The zero-order valence-corrected chi connectivity index (χ0v) is 11.5. The lowest BCUT2D eigenvalue weighted by Crippen LogP contribution is -2.50. The summed E-state index contributed by atoms with van der Waals surface area (Å²) in [5.41, 5.74) is 4.40. The highest BCUT2D eigenvalue weighted by atomic mass is 16.2. The monoisotopic (exact) mass is 255 g/mol. The van der Waals surface area contributed by atoms with Crippen LogP contribution in [0.4, 0.5) is 5.82 Å². The van der Waals surface area contributed by atoms with E-state index in [0.29, 0.717) is 6.54 Å². The van der Waals surface area contributed by atoms with Crippen LogP contribution in [0.1, 0.15) is 20.8 Å². The smallest absolute Gasteiger partial charge is 0.346 e. The number of hydrogen-bond acceptors (Lipinski definition) is 5. The van der Waals surface area contributed by atoms with Crippen LogP contribution in [-0.4, -0.2) is 26.4 Å². The van der Waals surface area contributed by atoms with Crippen LogP contribution in [-0.2, 0) is 14.1 Å². The van der Waals surface area contributed by atoms with Crippen molar-refractivity contribution in [1.29, 1.82) is 0 Å². The molecule has 0 aliphatic carbocycles. The van der Waals surface area contributed by atoms with Crippen molar-refractivity contribution in [2.45, 2.75) is 26.3 Å². The Morgan fingerprint density at radius 3 is 2.39 bits per heavy atom. The molecule has 102 valence electrons. The number of nitrogens with one attached hydrogen (secondary N) is 1. The molecule has 1 heterocycles. The third-order valence-corrected chi connectivity index (χ3v) is 3.42. The molecule has 0 fully saturated rings. The van der Waals surface area contributed by atoms with Gasteiger partial charge in [0.05, 0.1) is 5.54 Å². The predicted molar refractivity (Wildman–Crippen MR) is 70.6 cm³/mol. The van der Waals surface area contributed by atoms with Crippen LogP contribution in [0.15, 0.2) is 9.59 Å². The van der Waals surface area contributed by atoms with Gasteiger partial charge in [0.1, 0.15) is 0 Å². The number of anilines is 1. The van der Waals surface area contributed by atoms with E-state index in [1.807, 2.05) is 20.8 Å². The lowest BCUT2D eigenvalue weighted by molar-refractivity contribution is 0.378. The first-order valence-corrected chi connectivity index (χ1v) is 5.85. The highest BCUT2D eigenvalue weighted by molar-refractivity contribution is 5.34. The molecule has 7 heteroatoms. The summed E-state index contributed by atoms with van der Waals surface area (Å²) < 4.78 is 2.15. The molecule has 0 amide bonds. The summed E-state index contributed by atoms with van der Waals surface area (Å²) in [5.74, 6) is 0.354. The summed E-state index contributed by atoms with van der Waals surface area (Å²) in [5, 5.41) is 7.01. The third-order valence-electron chi connectivity index (χ3n) is 3.42. The Labute approximate surface area is 106 Å². The molecular formula is C11H21N5O2. The fraction of sp³-hybridized carbons (Fsp3) is 0.727. The molecule has 0 aromatic carbocycles. The van der Waals surface area contributed by atoms with E-state index in [-0.39, 0.29) is 11.7 Å². The molecule has 0 aliphatic heterocycles. The summed E-state index contributed by atoms with van der Waals surface area (Å²) >= 11 is 0. The minimum atomic E-state index is -0.454. The van der Waals surface area contributed by atoms with E-state index in [0.717, 1.165) is 9.25 Å². The maximum absolute atomic E-state index is 11.9. The zero-order valence-electron chi connectivity index (χ0n) is 11.5. The van der Waals surface area contributed by atoms with Gasteiger partial charge in [-0.25, -0.2) is 9.48 Å². The summed E-state index contributed by atoms with van der Waals surface area (Å²) in [4.78, 5) is 23.5. The summed E-state index contributed by atoms with van der Waals surface area (Å²) in [6.45, 7) is 6.29. The SMILES string of the molecule is CC(C)C(C)(CN)Nc1nn(C)c(=O)n(C)c1=O. The largest absolute Gasteiger partial charge is 0.357 e. The van der Waals surface area contributed by atoms with Gasteiger partial charge in [-0.1, -0.05) is 13.8 Å². The minimum absolute atomic E-state index is 0.140. The van der Waals surface area contributed by atoms with Gasteiger partial charge in [0.15, 0.2) is 0 Å². The van der Waals surface area contributed by atoms with Crippen LogP contribution in [0.2, 0.25) is 0 Å². The number of aromatic nitrogens is 3. The molecule has 1 aromatic rings. The van der Waals surface area contributed by atoms with E-state index in [2.05, 4.69) is 10.4 Å². The van der Waals surface area contributed by atoms with E-state index in [9.17, 15) is 9.59 Å². The van der Waals surface area contributed by atoms with E-state index in [4.69, 9.17) is 5.73 Å². The molecule has 1 unspecified atom stereocenters. The molecule has 1 atom stereocenters. The second-order valence-electron chi connectivity index (χ2n) is 5.02. The second-order valence-corrected chi connectivity index (χ2v) is 5.02. The zero-order chi connectivity index (χ0) is 14.1. The van der Waals surface area contributed by atoms with Crippen molar-refractivity contribution in [2.75, 3.05) is 11.9 Å². The van der Waals surface area contributed by atoms with Gasteiger partial charge in [-0.15, -0.1) is 5.10 Å². The van der Waals surface area contributed by atoms with E-state index in [1.165, 1.54) is 14.1 Å². The van der Waals surface area contributed by atoms with Crippen molar-refractivity contribution in [3.8, 4) is 0 Å². The van der Waals surface area contributed by atoms with Crippen molar-refractivity contribution < 1.29 is 0 Å². The number of nitrogens with zero attached hydrogens (tertiary/aromatic N) is 3. The van der Waals surface area contributed by atoms with Crippen molar-refractivity contribution in [2.24, 2.45) is 25.7 Å². The lowest BCUT2D eigenvalue weighted by atomic mass is 9.88. The van der Waals surface area contributed by atoms with Gasteiger partial charge < -0.3 is 11.1 Å². The topological polar surface area (TPSA) is 94.9 Å². The maximum Gasteiger partial charge on any atom is 0.346 e. The standard InChI is InChI=1S/C11H21N5O2/c1-7(2)11(3,6-12)13-8-9(17)15(4)10(18)16(5)14-8/h7H,6,12H2,1-5H3,(H,13,14). The third kappa shape index (κ3) is 2.45. The normalized spacial score (nSPS) is 14.6. The van der Waals surface area contributed by atoms with E-state index >= 15 is 0 Å². The average Bonchev–Trinajstić information content (AvgIpc) is 2.32. The fourth-order valence-corrected chi connectivity index (χ4v) is 1.48. The highest BCUT2D eigenvalue weighted by Crippen LogP contribution is 2.18. The first-order chi connectivity index (χ1) is 8.23. The maximum atomic E-state index is 11.9. The van der Waals surface area contributed by atoms with Crippen molar-refractivity contribution in [3.63, 3.8) is 0 Å². The van der Waals surface area contributed by atoms with Crippen LogP contribution >= 0.6 is 0 Å². The minimum Gasteiger partial charge on any atom is -0.357 e. The number of nitrogens with two attached hydrogens (primary N) is 1. The number of rotatable bonds is 4. The van der Waals surface area contributed by atoms with Gasteiger partial charge in [0, 0.05) is 20.6 Å². The molecule has 0 spiro atoms. The van der Waals surface area contributed by atoms with Gasteiger partial charge in [0.2, 0.25) is 5.82 Å². The molecule has 0 aliphatic rings. The van der Waals surface area contributed by atoms with Crippen LogP contribution in [0.25, 0.3) is 0 Å². The van der Waals surface area contributed by atoms with Gasteiger partial charge >= 0.3 is 5.69 Å². The van der Waals surface area contributed by atoms with Crippen LogP contribution in [0, 0.1) is 5.92 Å². The molecule has 0 saturated heterocycles. The second kappa shape index (κ2) is 4.93. The molecular weight excluding hydrogens is 234 g/mol. The Morgan fingerprint density at radius 1 is 1.39 bits per heavy atom. The molecule has 3 N–H and O–H groups in total. The quantitative estimate of drug-likeness (QED) is 0.739. The van der Waals surface area contributed by atoms with Gasteiger partial charge in [0.25, 0.3) is 5.56 Å². The molecule has 0 radical (unpaired) electrons. The van der Waals surface area contributed by atoms with E-state index < -0.39 is 16.8 Å². The first kappa shape index (κ1) is 14.4. The highest BCUT2D eigenvalue weighted by Gasteiger charge is 2.28. The molecule has 0 saturated carbocycles. The molecule has 1 rings (SSSR count). The van der Waals surface area contributed by atoms with Crippen LogP contribution < -0.4 is 22.3 Å². The van der Waals surface area contributed by atoms with Crippen molar-refractivity contribution in [1.82, 2.24) is 14.3 Å². The lowest BCUT2D eigenvalue weighted by Gasteiger charge is -2.33. The Balaban J connectivity index is 3.29. The van der Waals surface area contributed by atoms with E-state index in [1.54, 1.807) is 0 Å². The van der Waals surface area contributed by atoms with Gasteiger partial charge in [-0.3, -0.25) is 9.36 Å². The molecule has 7 nitrogen and oxygen atoms in total. The molecule has 1 aromatic heterocycles.